The molecule has 7 heteroatoms. The molecule has 0 aliphatic rings. The van der Waals surface area contributed by atoms with Crippen molar-refractivity contribution in [1.29, 1.82) is 0 Å². The molecule has 152 valence electrons. The molecule has 27 heavy (non-hydrogen) atoms. The molecule has 0 aromatic heterocycles. The number of amides is 1. The van der Waals surface area contributed by atoms with Crippen molar-refractivity contribution in [2.24, 2.45) is 5.41 Å². The molecule has 0 aliphatic carbocycles. The molecule has 0 saturated carbocycles. The predicted molar refractivity (Wildman–Crippen MR) is 101 cm³/mol. The normalized spacial score (nSPS) is 12.9. The van der Waals surface area contributed by atoms with Crippen LogP contribution < -0.4 is 4.74 Å². The number of rotatable bonds is 6. The summed E-state index contributed by atoms with van der Waals surface area (Å²) in [5.41, 5.74) is -0.632. The van der Waals surface area contributed by atoms with Crippen LogP contribution in [-0.2, 0) is 14.3 Å². The van der Waals surface area contributed by atoms with Crippen LogP contribution in [0.15, 0.2) is 24.3 Å². The summed E-state index contributed by atoms with van der Waals surface area (Å²) in [5, 5.41) is 10.4. The van der Waals surface area contributed by atoms with Crippen LogP contribution in [0.25, 0.3) is 0 Å². The zero-order valence-electron chi connectivity index (χ0n) is 17.2. The van der Waals surface area contributed by atoms with E-state index < -0.39 is 23.2 Å². The van der Waals surface area contributed by atoms with E-state index >= 15 is 0 Å². The lowest BCUT2D eigenvalue weighted by Crippen LogP contribution is -2.36. The fourth-order valence-corrected chi connectivity index (χ4v) is 1.96. The Hall–Kier alpha value is -2.28. The van der Waals surface area contributed by atoms with E-state index in [9.17, 15) is 14.7 Å². The highest BCUT2D eigenvalue weighted by Gasteiger charge is 2.23. The van der Waals surface area contributed by atoms with Crippen LogP contribution >= 0.6 is 0 Å². The van der Waals surface area contributed by atoms with Crippen molar-refractivity contribution >= 4 is 12.1 Å². The summed E-state index contributed by atoms with van der Waals surface area (Å²) in [6.45, 7) is 10.5. The molecule has 1 aromatic rings. The molecule has 1 atom stereocenters. The van der Waals surface area contributed by atoms with Gasteiger partial charge >= 0.3 is 12.1 Å². The van der Waals surface area contributed by atoms with Crippen molar-refractivity contribution in [3.63, 3.8) is 0 Å². The van der Waals surface area contributed by atoms with E-state index in [1.54, 1.807) is 72.9 Å². The Morgan fingerprint density at radius 2 is 1.78 bits per heavy atom. The number of hydrogen-bond acceptors (Lipinski definition) is 6. The predicted octanol–water partition coefficient (Wildman–Crippen LogP) is 3.51. The van der Waals surface area contributed by atoms with Gasteiger partial charge in [0.15, 0.2) is 0 Å². The maximum Gasteiger partial charge on any atom is 0.410 e. The molecule has 0 saturated heterocycles. The third-order valence-corrected chi connectivity index (χ3v) is 3.42. The average molecular weight is 381 g/mol. The fourth-order valence-electron chi connectivity index (χ4n) is 1.96. The molecule has 0 aliphatic heterocycles. The highest BCUT2D eigenvalue weighted by Crippen LogP contribution is 2.21. The smallest absolute Gasteiger partial charge is 0.410 e. The maximum atomic E-state index is 12.0. The van der Waals surface area contributed by atoms with E-state index in [-0.39, 0.29) is 19.3 Å². The zero-order chi connectivity index (χ0) is 20.8. The Kier molecular flexibility index (Phi) is 7.65. The van der Waals surface area contributed by atoms with Gasteiger partial charge in [-0.05, 0) is 59.2 Å². The van der Waals surface area contributed by atoms with Crippen LogP contribution in [0.5, 0.6) is 5.75 Å². The minimum atomic E-state index is -0.914. The van der Waals surface area contributed by atoms with Crippen LogP contribution in [0.1, 0.15) is 53.2 Å². The quantitative estimate of drug-likeness (QED) is 0.599. The first kappa shape index (κ1) is 22.8. The largest absolute Gasteiger partial charge is 0.457 e. The summed E-state index contributed by atoms with van der Waals surface area (Å²) < 4.78 is 15.7. The van der Waals surface area contributed by atoms with Gasteiger partial charge in [-0.3, -0.25) is 4.79 Å². The Labute approximate surface area is 161 Å². The number of nitrogens with zero attached hydrogens (tertiary/aromatic N) is 1. The Balaban J connectivity index is 2.62. The lowest BCUT2D eigenvalue weighted by atomic mass is 9.98. The molecular formula is C20H31NO6. The van der Waals surface area contributed by atoms with Crippen molar-refractivity contribution < 1.29 is 28.9 Å². The number of esters is 1. The number of aliphatic hydroxyl groups is 1. The molecule has 0 fully saturated rings. The Bertz CT molecular complexity index is 645. The fraction of sp³-hybridized carbons (Fsp3) is 0.600. The second kappa shape index (κ2) is 9.08. The molecular weight excluding hydrogens is 350 g/mol. The molecule has 1 rings (SSSR count). The first-order chi connectivity index (χ1) is 12.3. The molecule has 7 nitrogen and oxygen atoms in total. The summed E-state index contributed by atoms with van der Waals surface area (Å²) >= 11 is 0. The second-order valence-corrected chi connectivity index (χ2v) is 8.39. The van der Waals surface area contributed by atoms with E-state index in [2.05, 4.69) is 0 Å². The van der Waals surface area contributed by atoms with Gasteiger partial charge in [0.1, 0.15) is 11.4 Å². The van der Waals surface area contributed by atoms with Crippen LogP contribution in [0.4, 0.5) is 4.79 Å². The van der Waals surface area contributed by atoms with E-state index in [0.717, 1.165) is 0 Å². The molecule has 0 heterocycles. The number of carbonyl (C=O) groups excluding carboxylic acids is 2. The molecule has 1 amide bonds. The Morgan fingerprint density at radius 1 is 1.15 bits per heavy atom. The number of likely N-dealkylation sites (N-methyl/N-ethyl adjacent to an activating group) is 1. The summed E-state index contributed by atoms with van der Waals surface area (Å²) in [7, 11) is 1.56. The van der Waals surface area contributed by atoms with Crippen molar-refractivity contribution in [3.05, 3.63) is 29.8 Å². The number of hydrogen-bond donors (Lipinski definition) is 1. The number of carbonyl (C=O) groups is 2. The summed E-state index contributed by atoms with van der Waals surface area (Å²) in [6.07, 6.45) is -1.42. The number of aliphatic hydroxyl groups excluding tert-OH is 1. The van der Waals surface area contributed by atoms with Gasteiger partial charge in [0.05, 0.1) is 18.1 Å². The average Bonchev–Trinajstić information content (AvgIpc) is 2.52. The molecule has 1 N–H and O–H groups in total. The van der Waals surface area contributed by atoms with Crippen molar-refractivity contribution in [3.8, 4) is 5.75 Å². The molecule has 0 bridgehead atoms. The van der Waals surface area contributed by atoms with Gasteiger partial charge in [0.25, 0.3) is 0 Å². The van der Waals surface area contributed by atoms with Crippen LogP contribution in [0, 0.1) is 5.41 Å². The highest BCUT2D eigenvalue weighted by molar-refractivity contribution is 5.75. The number of benzene rings is 1. The first-order valence-electron chi connectivity index (χ1n) is 8.82. The Morgan fingerprint density at radius 3 is 2.33 bits per heavy atom. The van der Waals surface area contributed by atoms with Gasteiger partial charge in [0, 0.05) is 7.05 Å². The zero-order valence-corrected chi connectivity index (χ0v) is 17.2. The van der Waals surface area contributed by atoms with E-state index in [4.69, 9.17) is 14.2 Å². The monoisotopic (exact) mass is 381 g/mol. The van der Waals surface area contributed by atoms with Gasteiger partial charge < -0.3 is 24.2 Å². The van der Waals surface area contributed by atoms with E-state index in [1.165, 1.54) is 4.90 Å². The summed E-state index contributed by atoms with van der Waals surface area (Å²) in [4.78, 5) is 25.0. The maximum absolute atomic E-state index is 12.0. The van der Waals surface area contributed by atoms with Crippen LogP contribution in [0.2, 0.25) is 0 Å². The van der Waals surface area contributed by atoms with Gasteiger partial charge in [-0.25, -0.2) is 4.79 Å². The van der Waals surface area contributed by atoms with Crippen molar-refractivity contribution in [2.45, 2.75) is 53.2 Å². The highest BCUT2D eigenvalue weighted by atomic mass is 16.7. The van der Waals surface area contributed by atoms with Gasteiger partial charge in [-0.15, -0.1) is 0 Å². The van der Waals surface area contributed by atoms with E-state index in [0.29, 0.717) is 11.3 Å². The molecule has 0 spiro atoms. The minimum absolute atomic E-state index is 0.0668. The summed E-state index contributed by atoms with van der Waals surface area (Å²) in [5.74, 6) is 0.0888. The lowest BCUT2D eigenvalue weighted by Gasteiger charge is -2.26. The van der Waals surface area contributed by atoms with Crippen LogP contribution in [0.3, 0.4) is 0 Å². The van der Waals surface area contributed by atoms with Crippen LogP contribution in [-0.4, -0.2) is 48.1 Å². The lowest BCUT2D eigenvalue weighted by molar-refractivity contribution is -0.159. The third kappa shape index (κ3) is 8.30. The van der Waals surface area contributed by atoms with Gasteiger partial charge in [-0.1, -0.05) is 12.1 Å². The molecule has 1 aromatic carbocycles. The minimum Gasteiger partial charge on any atom is -0.457 e. The SMILES string of the molecule is CN(CC(O)c1cccc(OCOC(=O)C(C)(C)C)c1)C(=O)OC(C)(C)C. The molecule has 1 unspecified atom stereocenters. The van der Waals surface area contributed by atoms with Crippen molar-refractivity contribution in [1.82, 2.24) is 4.90 Å². The summed E-state index contributed by atoms with van der Waals surface area (Å²) in [6, 6.07) is 6.77. The number of ether oxygens (including phenoxy) is 3. The second-order valence-electron chi connectivity index (χ2n) is 8.39. The topological polar surface area (TPSA) is 85.3 Å². The standard InChI is InChI=1S/C20H31NO6/c1-19(2,3)17(23)26-13-25-15-10-8-9-14(11-15)16(22)12-21(7)18(24)27-20(4,5)6/h8-11,16,22H,12-13H2,1-7H3. The van der Waals surface area contributed by atoms with Gasteiger partial charge in [-0.2, -0.15) is 0 Å². The van der Waals surface area contributed by atoms with Crippen molar-refractivity contribution in [2.75, 3.05) is 20.4 Å². The van der Waals surface area contributed by atoms with E-state index in [1.807, 2.05) is 0 Å². The molecule has 0 radical (unpaired) electrons. The van der Waals surface area contributed by atoms with Gasteiger partial charge in [0.2, 0.25) is 6.79 Å². The third-order valence-electron chi connectivity index (χ3n) is 3.42. The first-order valence-corrected chi connectivity index (χ1v) is 8.82.